The number of alkyl halides is 3. The number of ether oxygens (including phenoxy) is 1. The van der Waals surface area contributed by atoms with E-state index in [1.807, 2.05) is 6.92 Å². The molecule has 0 bridgehead atoms. The molecule has 1 aromatic rings. The normalized spacial score (nSPS) is 24.2. The summed E-state index contributed by atoms with van der Waals surface area (Å²) >= 11 is 0. The molecule has 118 valence electrons. The van der Waals surface area contributed by atoms with Crippen LogP contribution in [0.5, 0.6) is 0 Å². The van der Waals surface area contributed by atoms with Crippen LogP contribution >= 0.6 is 0 Å². The minimum absolute atomic E-state index is 0.0308. The Morgan fingerprint density at radius 1 is 1.24 bits per heavy atom. The summed E-state index contributed by atoms with van der Waals surface area (Å²) in [6.45, 7) is 4.92. The molecular formula is C16H22F3NO. The van der Waals surface area contributed by atoms with Gasteiger partial charge in [0, 0.05) is 0 Å². The first kappa shape index (κ1) is 16.3. The van der Waals surface area contributed by atoms with Crippen LogP contribution in [0.2, 0.25) is 0 Å². The lowest BCUT2D eigenvalue weighted by Gasteiger charge is -2.25. The average molecular weight is 301 g/mol. The molecule has 1 aliphatic heterocycles. The molecule has 1 aromatic carbocycles. The number of nitrogens with one attached hydrogen (secondary N) is 1. The van der Waals surface area contributed by atoms with Gasteiger partial charge in [-0.1, -0.05) is 19.1 Å². The first-order chi connectivity index (χ1) is 9.91. The number of rotatable bonds is 5. The standard InChI is InChI=1S/C16H22F3NO/c1-3-10-20-15(14-9-4-11(2)21-14)12-5-7-13(8-6-12)16(17,18)19/h5-8,11,14-15,20H,3-4,9-10H2,1-2H3. The molecule has 0 spiro atoms. The Balaban J connectivity index is 2.16. The van der Waals surface area contributed by atoms with Crippen molar-refractivity contribution < 1.29 is 17.9 Å². The largest absolute Gasteiger partial charge is 0.416 e. The maximum Gasteiger partial charge on any atom is 0.416 e. The summed E-state index contributed by atoms with van der Waals surface area (Å²) in [6.07, 6.45) is -1.14. The Morgan fingerprint density at radius 3 is 2.38 bits per heavy atom. The molecule has 0 amide bonds. The molecule has 2 nitrogen and oxygen atoms in total. The fourth-order valence-corrected chi connectivity index (χ4v) is 2.72. The van der Waals surface area contributed by atoms with Crippen molar-refractivity contribution >= 4 is 0 Å². The van der Waals surface area contributed by atoms with Crippen LogP contribution in [0.25, 0.3) is 0 Å². The monoisotopic (exact) mass is 301 g/mol. The summed E-state index contributed by atoms with van der Waals surface area (Å²) in [5.74, 6) is 0. The second kappa shape index (κ2) is 6.79. The molecule has 1 aliphatic rings. The molecule has 0 radical (unpaired) electrons. The van der Waals surface area contributed by atoms with E-state index >= 15 is 0 Å². The third kappa shape index (κ3) is 4.20. The molecule has 1 saturated heterocycles. The van der Waals surface area contributed by atoms with Gasteiger partial charge in [-0.05, 0) is 50.4 Å². The summed E-state index contributed by atoms with van der Waals surface area (Å²) in [7, 11) is 0. The van der Waals surface area contributed by atoms with Crippen molar-refractivity contribution in [1.82, 2.24) is 5.32 Å². The van der Waals surface area contributed by atoms with Gasteiger partial charge in [-0.25, -0.2) is 0 Å². The molecule has 0 saturated carbocycles. The van der Waals surface area contributed by atoms with Crippen LogP contribution in [0.1, 0.15) is 50.3 Å². The van der Waals surface area contributed by atoms with E-state index in [0.29, 0.717) is 0 Å². The van der Waals surface area contributed by atoms with Gasteiger partial charge in [0.25, 0.3) is 0 Å². The van der Waals surface area contributed by atoms with E-state index < -0.39 is 11.7 Å². The third-order valence-electron chi connectivity index (χ3n) is 3.85. The van der Waals surface area contributed by atoms with Crippen molar-refractivity contribution in [3.63, 3.8) is 0 Å². The van der Waals surface area contributed by atoms with E-state index in [2.05, 4.69) is 12.2 Å². The quantitative estimate of drug-likeness (QED) is 0.875. The SMILES string of the molecule is CCCNC(c1ccc(C(F)(F)F)cc1)C1CCC(C)O1. The van der Waals surface area contributed by atoms with Gasteiger partial charge in [0.15, 0.2) is 0 Å². The van der Waals surface area contributed by atoms with Crippen molar-refractivity contribution in [2.45, 2.75) is 57.5 Å². The molecule has 5 heteroatoms. The third-order valence-corrected chi connectivity index (χ3v) is 3.85. The predicted octanol–water partition coefficient (Wildman–Crippen LogP) is 4.31. The lowest BCUT2D eigenvalue weighted by Crippen LogP contribution is -2.32. The lowest BCUT2D eigenvalue weighted by atomic mass is 9.97. The van der Waals surface area contributed by atoms with E-state index in [9.17, 15) is 13.2 Å². The van der Waals surface area contributed by atoms with Crippen LogP contribution < -0.4 is 5.32 Å². The smallest absolute Gasteiger partial charge is 0.373 e. The van der Waals surface area contributed by atoms with Gasteiger partial charge in [0.1, 0.15) is 0 Å². The molecule has 1 heterocycles. The second-order valence-electron chi connectivity index (χ2n) is 5.61. The van der Waals surface area contributed by atoms with Gasteiger partial charge < -0.3 is 10.1 Å². The Bertz CT molecular complexity index is 444. The van der Waals surface area contributed by atoms with Crippen LogP contribution in [0.15, 0.2) is 24.3 Å². The summed E-state index contributed by atoms with van der Waals surface area (Å²) in [5, 5.41) is 3.40. The predicted molar refractivity (Wildman–Crippen MR) is 76.0 cm³/mol. The molecule has 1 N–H and O–H groups in total. The summed E-state index contributed by atoms with van der Waals surface area (Å²) in [6, 6.07) is 5.37. The first-order valence-corrected chi connectivity index (χ1v) is 7.47. The second-order valence-corrected chi connectivity index (χ2v) is 5.61. The van der Waals surface area contributed by atoms with Crippen molar-refractivity contribution in [2.24, 2.45) is 0 Å². The molecule has 1 fully saturated rings. The van der Waals surface area contributed by atoms with E-state index in [4.69, 9.17) is 4.74 Å². The Morgan fingerprint density at radius 2 is 1.90 bits per heavy atom. The molecule has 0 aliphatic carbocycles. The van der Waals surface area contributed by atoms with Crippen molar-refractivity contribution in [2.75, 3.05) is 6.54 Å². The summed E-state index contributed by atoms with van der Waals surface area (Å²) < 4.78 is 43.8. The van der Waals surface area contributed by atoms with Crippen molar-refractivity contribution in [1.29, 1.82) is 0 Å². The minimum atomic E-state index is -4.29. The zero-order valence-electron chi connectivity index (χ0n) is 12.4. The highest BCUT2D eigenvalue weighted by atomic mass is 19.4. The number of hydrogen-bond acceptors (Lipinski definition) is 2. The Labute approximate surface area is 123 Å². The van der Waals surface area contributed by atoms with Crippen LogP contribution in [0.3, 0.4) is 0 Å². The van der Waals surface area contributed by atoms with Crippen LogP contribution in [-0.2, 0) is 10.9 Å². The number of halogens is 3. The van der Waals surface area contributed by atoms with Gasteiger partial charge >= 0.3 is 6.18 Å². The van der Waals surface area contributed by atoms with Gasteiger partial charge in [-0.15, -0.1) is 0 Å². The van der Waals surface area contributed by atoms with Crippen molar-refractivity contribution in [3.8, 4) is 0 Å². The Hall–Kier alpha value is -1.07. The Kier molecular flexibility index (Phi) is 5.27. The first-order valence-electron chi connectivity index (χ1n) is 7.47. The maximum absolute atomic E-state index is 12.6. The van der Waals surface area contributed by atoms with Gasteiger partial charge in [0.2, 0.25) is 0 Å². The van der Waals surface area contributed by atoms with Gasteiger partial charge in [-0.2, -0.15) is 13.2 Å². The number of benzene rings is 1. The molecule has 3 atom stereocenters. The van der Waals surface area contributed by atoms with E-state index in [-0.39, 0.29) is 18.2 Å². The fourth-order valence-electron chi connectivity index (χ4n) is 2.72. The topological polar surface area (TPSA) is 21.3 Å². The average Bonchev–Trinajstić information content (AvgIpc) is 2.85. The van der Waals surface area contributed by atoms with Gasteiger partial charge in [0.05, 0.1) is 23.8 Å². The van der Waals surface area contributed by atoms with E-state index in [1.54, 1.807) is 12.1 Å². The fraction of sp³-hybridized carbons (Fsp3) is 0.625. The van der Waals surface area contributed by atoms with Crippen LogP contribution in [0.4, 0.5) is 13.2 Å². The summed E-state index contributed by atoms with van der Waals surface area (Å²) in [4.78, 5) is 0. The molecule has 2 rings (SSSR count). The minimum Gasteiger partial charge on any atom is -0.373 e. The van der Waals surface area contributed by atoms with E-state index in [0.717, 1.165) is 43.5 Å². The molecule has 21 heavy (non-hydrogen) atoms. The zero-order valence-corrected chi connectivity index (χ0v) is 12.4. The molecular weight excluding hydrogens is 279 g/mol. The zero-order chi connectivity index (χ0) is 15.5. The van der Waals surface area contributed by atoms with Crippen LogP contribution in [-0.4, -0.2) is 18.8 Å². The van der Waals surface area contributed by atoms with Gasteiger partial charge in [-0.3, -0.25) is 0 Å². The van der Waals surface area contributed by atoms with Crippen LogP contribution in [0, 0.1) is 0 Å². The maximum atomic E-state index is 12.6. The van der Waals surface area contributed by atoms with Crippen molar-refractivity contribution in [3.05, 3.63) is 35.4 Å². The highest BCUT2D eigenvalue weighted by molar-refractivity contribution is 5.27. The highest BCUT2D eigenvalue weighted by Gasteiger charge is 2.32. The summed E-state index contributed by atoms with van der Waals surface area (Å²) in [5.41, 5.74) is 0.247. The molecule has 3 unspecified atom stereocenters. The van der Waals surface area contributed by atoms with E-state index in [1.165, 1.54) is 0 Å². The molecule has 0 aromatic heterocycles. The number of hydrogen-bond donors (Lipinski definition) is 1. The highest BCUT2D eigenvalue weighted by Crippen LogP contribution is 2.33. The lowest BCUT2D eigenvalue weighted by molar-refractivity contribution is -0.137.